The predicted octanol–water partition coefficient (Wildman–Crippen LogP) is 2.57. The number of hydrogen-bond acceptors (Lipinski definition) is 5. The average Bonchev–Trinajstić information content (AvgIpc) is 3.39. The van der Waals surface area contributed by atoms with Gasteiger partial charge in [0.1, 0.15) is 5.82 Å². The molecule has 3 heterocycles. The predicted molar refractivity (Wildman–Crippen MR) is 140 cm³/mol. The van der Waals surface area contributed by atoms with Gasteiger partial charge < -0.3 is 15.6 Å². The van der Waals surface area contributed by atoms with Crippen molar-refractivity contribution in [2.75, 3.05) is 37.7 Å². The van der Waals surface area contributed by atoms with Crippen molar-refractivity contribution in [1.82, 2.24) is 20.5 Å². The van der Waals surface area contributed by atoms with Crippen LogP contribution in [0.2, 0.25) is 0 Å². The molecule has 10 heteroatoms. The number of sulfone groups is 1. The molecule has 37 heavy (non-hydrogen) atoms. The zero-order valence-electron chi connectivity index (χ0n) is 20.6. The highest BCUT2D eigenvalue weighted by atomic mass is 32.2. The number of carbonyl (C=O) groups excluding carboxylic acids is 2. The van der Waals surface area contributed by atoms with Gasteiger partial charge in [0.05, 0.1) is 22.6 Å². The number of fused-ring (bicyclic) bond motifs is 1. The Morgan fingerprint density at radius 3 is 2.73 bits per heavy atom. The molecule has 0 unspecified atom stereocenters. The van der Waals surface area contributed by atoms with Crippen molar-refractivity contribution < 1.29 is 22.4 Å². The Kier molecular flexibility index (Phi) is 6.87. The van der Waals surface area contributed by atoms with Gasteiger partial charge in [-0.25, -0.2) is 12.8 Å². The molecule has 8 nitrogen and oxygen atoms in total. The number of halogens is 1. The van der Waals surface area contributed by atoms with Crippen molar-refractivity contribution in [1.29, 1.82) is 0 Å². The number of hydrogen-bond donors (Lipinski definition) is 3. The van der Waals surface area contributed by atoms with Crippen LogP contribution in [-0.4, -0.2) is 67.8 Å². The third-order valence-electron chi connectivity index (χ3n) is 7.14. The summed E-state index contributed by atoms with van der Waals surface area (Å²) < 4.78 is 37.8. The first-order chi connectivity index (χ1) is 17.7. The third-order valence-corrected chi connectivity index (χ3v) is 8.75. The molecular formula is C27H29FN4O4S. The second-order valence-electron chi connectivity index (χ2n) is 9.49. The van der Waals surface area contributed by atoms with Crippen LogP contribution in [-0.2, 0) is 14.6 Å². The molecule has 3 aliphatic rings. The number of nitrogens with zero attached hydrogens (tertiary/aromatic N) is 1. The summed E-state index contributed by atoms with van der Waals surface area (Å²) in [6.45, 7) is 3.73. The smallest absolute Gasteiger partial charge is 0.256 e. The van der Waals surface area contributed by atoms with Gasteiger partial charge in [0.15, 0.2) is 9.84 Å². The molecular weight excluding hydrogens is 495 g/mol. The Balaban J connectivity index is 1.34. The first kappa shape index (κ1) is 25.2. The number of rotatable bonds is 6. The van der Waals surface area contributed by atoms with E-state index in [0.29, 0.717) is 78.2 Å². The molecule has 0 bridgehead atoms. The zero-order valence-corrected chi connectivity index (χ0v) is 21.4. The molecule has 2 saturated heterocycles. The molecule has 1 aliphatic carbocycles. The highest BCUT2D eigenvalue weighted by Crippen LogP contribution is 2.40. The van der Waals surface area contributed by atoms with Gasteiger partial charge in [0.2, 0.25) is 0 Å². The van der Waals surface area contributed by atoms with E-state index < -0.39 is 9.84 Å². The van der Waals surface area contributed by atoms with Gasteiger partial charge in [0, 0.05) is 54.9 Å². The Morgan fingerprint density at radius 1 is 1.22 bits per heavy atom. The van der Waals surface area contributed by atoms with E-state index in [1.807, 2.05) is 17.9 Å². The summed E-state index contributed by atoms with van der Waals surface area (Å²) in [5, 5.41) is 5.79. The standard InChI is InChI=1S/C27H29FN4O4S/c1-17-21(26(33)29-9-10-32-11-13-37(35,36)14-12-32)16-30-24(17)15-20-25-19(18-5-2-3-7-22(18)28)6-4-8-23(25)31-27(20)34/h2-3,5,7-8,15-16,30H,4,6,9-14H2,1H3,(H,29,33)(H,31,34). The van der Waals surface area contributed by atoms with Gasteiger partial charge in [-0.15, -0.1) is 0 Å². The Bertz CT molecular complexity index is 1450. The van der Waals surface area contributed by atoms with Crippen LogP contribution in [0, 0.1) is 12.7 Å². The maximum atomic E-state index is 14.6. The van der Waals surface area contributed by atoms with E-state index in [1.165, 1.54) is 6.07 Å². The van der Waals surface area contributed by atoms with Crippen LogP contribution in [0.5, 0.6) is 0 Å². The Labute approximate surface area is 215 Å². The fraction of sp³-hybridized carbons (Fsp3) is 0.333. The van der Waals surface area contributed by atoms with Crippen molar-refractivity contribution >= 4 is 33.3 Å². The van der Waals surface area contributed by atoms with Gasteiger partial charge in [-0.2, -0.15) is 0 Å². The topological polar surface area (TPSA) is 111 Å². The molecule has 2 amide bonds. The first-order valence-electron chi connectivity index (χ1n) is 12.3. The second kappa shape index (κ2) is 10.1. The largest absolute Gasteiger partial charge is 0.361 e. The van der Waals surface area contributed by atoms with Gasteiger partial charge in [0.25, 0.3) is 11.8 Å². The van der Waals surface area contributed by atoms with Crippen LogP contribution >= 0.6 is 0 Å². The number of aromatic amines is 1. The highest BCUT2D eigenvalue weighted by Gasteiger charge is 2.33. The summed E-state index contributed by atoms with van der Waals surface area (Å²) in [6, 6.07) is 6.57. The van der Waals surface area contributed by atoms with E-state index in [2.05, 4.69) is 15.6 Å². The normalized spacial score (nSPS) is 20.5. The molecule has 1 aromatic heterocycles. The number of benzene rings is 1. The Hall–Kier alpha value is -3.50. The average molecular weight is 525 g/mol. The number of amides is 2. The SMILES string of the molecule is Cc1c(C(=O)NCCN2CCS(=O)(=O)CC2)c[nH]c1C=C1C(=O)NC2=CCCC(c3ccccc3F)=C21. The molecule has 1 aromatic carbocycles. The number of allylic oxidation sites excluding steroid dienone is 3. The summed E-state index contributed by atoms with van der Waals surface area (Å²) in [7, 11) is -2.94. The lowest BCUT2D eigenvalue weighted by atomic mass is 9.87. The van der Waals surface area contributed by atoms with Gasteiger partial charge in [-0.3, -0.25) is 14.5 Å². The van der Waals surface area contributed by atoms with Crippen molar-refractivity contribution in [3.8, 4) is 0 Å². The van der Waals surface area contributed by atoms with Crippen molar-refractivity contribution in [3.63, 3.8) is 0 Å². The van der Waals surface area contributed by atoms with E-state index in [1.54, 1.807) is 30.5 Å². The molecule has 0 atom stereocenters. The maximum absolute atomic E-state index is 14.6. The molecule has 5 rings (SSSR count). The number of carbonyl (C=O) groups is 2. The van der Waals surface area contributed by atoms with E-state index in [4.69, 9.17) is 0 Å². The molecule has 2 aliphatic heterocycles. The van der Waals surface area contributed by atoms with Crippen molar-refractivity contribution in [3.05, 3.63) is 81.6 Å². The van der Waals surface area contributed by atoms with Crippen LogP contribution in [0.25, 0.3) is 11.6 Å². The lowest BCUT2D eigenvalue weighted by Crippen LogP contribution is -2.43. The molecule has 194 valence electrons. The molecule has 2 aromatic rings. The summed E-state index contributed by atoms with van der Waals surface area (Å²) in [4.78, 5) is 30.9. The zero-order chi connectivity index (χ0) is 26.2. The summed E-state index contributed by atoms with van der Waals surface area (Å²) >= 11 is 0. The molecule has 3 N–H and O–H groups in total. The third kappa shape index (κ3) is 5.17. The van der Waals surface area contributed by atoms with E-state index in [-0.39, 0.29) is 29.1 Å². The molecule has 2 fully saturated rings. The van der Waals surface area contributed by atoms with Crippen molar-refractivity contribution in [2.24, 2.45) is 0 Å². The van der Waals surface area contributed by atoms with Crippen LogP contribution < -0.4 is 10.6 Å². The first-order valence-corrected chi connectivity index (χ1v) is 14.2. The minimum absolute atomic E-state index is 0.148. The minimum atomic E-state index is -2.94. The molecule has 0 radical (unpaired) electrons. The maximum Gasteiger partial charge on any atom is 0.256 e. The lowest BCUT2D eigenvalue weighted by Gasteiger charge is -2.26. The quantitative estimate of drug-likeness (QED) is 0.503. The Morgan fingerprint density at radius 2 is 1.97 bits per heavy atom. The summed E-state index contributed by atoms with van der Waals surface area (Å²) in [5.41, 5.74) is 4.88. The highest BCUT2D eigenvalue weighted by molar-refractivity contribution is 7.91. The van der Waals surface area contributed by atoms with Crippen LogP contribution in [0.3, 0.4) is 0 Å². The monoisotopic (exact) mass is 524 g/mol. The number of aromatic nitrogens is 1. The van der Waals surface area contributed by atoms with Crippen LogP contribution in [0.1, 0.15) is 40.0 Å². The fourth-order valence-corrected chi connectivity index (χ4v) is 6.30. The van der Waals surface area contributed by atoms with E-state index in [9.17, 15) is 22.4 Å². The molecule has 0 saturated carbocycles. The van der Waals surface area contributed by atoms with Crippen molar-refractivity contribution in [2.45, 2.75) is 19.8 Å². The van der Waals surface area contributed by atoms with E-state index >= 15 is 0 Å². The number of nitrogens with one attached hydrogen (secondary N) is 3. The van der Waals surface area contributed by atoms with Gasteiger partial charge in [-0.05, 0) is 43.0 Å². The summed E-state index contributed by atoms with van der Waals surface area (Å²) in [5.74, 6) is -0.541. The summed E-state index contributed by atoms with van der Waals surface area (Å²) in [6.07, 6.45) is 6.61. The lowest BCUT2D eigenvalue weighted by molar-refractivity contribution is -0.115. The number of H-pyrrole nitrogens is 1. The fourth-order valence-electron chi connectivity index (χ4n) is 5.03. The van der Waals surface area contributed by atoms with Crippen LogP contribution in [0.4, 0.5) is 4.39 Å². The minimum Gasteiger partial charge on any atom is -0.361 e. The second-order valence-corrected chi connectivity index (χ2v) is 11.8. The van der Waals surface area contributed by atoms with Crippen LogP contribution in [0.15, 0.2) is 53.4 Å². The van der Waals surface area contributed by atoms with Gasteiger partial charge >= 0.3 is 0 Å². The van der Waals surface area contributed by atoms with Gasteiger partial charge in [-0.1, -0.05) is 24.3 Å². The van der Waals surface area contributed by atoms with E-state index in [0.717, 1.165) is 5.57 Å². The molecule has 0 spiro atoms.